The van der Waals surface area contributed by atoms with E-state index in [0.29, 0.717) is 6.04 Å². The molecule has 0 heterocycles. The van der Waals surface area contributed by atoms with Gasteiger partial charge in [-0.1, -0.05) is 18.2 Å². The summed E-state index contributed by atoms with van der Waals surface area (Å²) in [6, 6.07) is 12.0. The Morgan fingerprint density at radius 3 is 2.50 bits per heavy atom. The largest absolute Gasteiger partial charge is 0.381 e. The Morgan fingerprint density at radius 2 is 1.80 bits per heavy atom. The molecule has 0 radical (unpaired) electrons. The Balaban J connectivity index is 1.62. The molecule has 0 aromatic heterocycles. The topological polar surface area (TPSA) is 12.0 Å². The van der Waals surface area contributed by atoms with Crippen LogP contribution < -0.4 is 5.32 Å². The first kappa shape index (κ1) is 13.8. The van der Waals surface area contributed by atoms with Gasteiger partial charge >= 0.3 is 0 Å². The van der Waals surface area contributed by atoms with E-state index >= 15 is 0 Å². The van der Waals surface area contributed by atoms with Crippen molar-refractivity contribution < 1.29 is 8.78 Å². The molecule has 1 aliphatic rings. The van der Waals surface area contributed by atoms with E-state index in [1.54, 1.807) is 12.1 Å². The molecule has 2 aromatic carbocycles. The van der Waals surface area contributed by atoms with Crippen molar-refractivity contribution in [3.8, 4) is 0 Å². The second-order valence-corrected chi connectivity index (χ2v) is 6.32. The van der Waals surface area contributed by atoms with Crippen molar-refractivity contribution in [2.45, 2.75) is 24.8 Å². The van der Waals surface area contributed by atoms with E-state index < -0.39 is 0 Å². The van der Waals surface area contributed by atoms with Gasteiger partial charge in [-0.15, -0.1) is 0 Å². The van der Waals surface area contributed by atoms with E-state index in [0.717, 1.165) is 27.7 Å². The van der Waals surface area contributed by atoms with E-state index in [4.69, 9.17) is 0 Å². The molecule has 3 rings (SSSR count). The third-order valence-corrected chi connectivity index (χ3v) is 4.67. The molecule has 2 aromatic rings. The summed E-state index contributed by atoms with van der Waals surface area (Å²) in [5.41, 5.74) is 1.75. The minimum atomic E-state index is -0.224. The zero-order valence-electron chi connectivity index (χ0n) is 10.7. The van der Waals surface area contributed by atoms with Crippen molar-refractivity contribution in [3.63, 3.8) is 0 Å². The minimum absolute atomic E-state index is 0.118. The molecule has 0 saturated heterocycles. The molecule has 0 aliphatic heterocycles. The Kier molecular flexibility index (Phi) is 3.92. The van der Waals surface area contributed by atoms with Gasteiger partial charge in [0.2, 0.25) is 0 Å². The van der Waals surface area contributed by atoms with Crippen LogP contribution in [-0.4, -0.2) is 6.04 Å². The van der Waals surface area contributed by atoms with E-state index in [1.165, 1.54) is 18.2 Å². The van der Waals surface area contributed by atoms with E-state index in [2.05, 4.69) is 27.9 Å². The molecule has 1 nitrogen and oxygen atoms in total. The van der Waals surface area contributed by atoms with Gasteiger partial charge in [0, 0.05) is 15.3 Å². The van der Waals surface area contributed by atoms with Crippen molar-refractivity contribution in [1.29, 1.82) is 0 Å². The number of anilines is 1. The van der Waals surface area contributed by atoms with Gasteiger partial charge in [-0.25, -0.2) is 8.78 Å². The first-order valence-electron chi connectivity index (χ1n) is 6.59. The summed E-state index contributed by atoms with van der Waals surface area (Å²) in [6.07, 6.45) is 1.82. The molecule has 1 N–H and O–H groups in total. The van der Waals surface area contributed by atoms with Gasteiger partial charge in [0.25, 0.3) is 0 Å². The normalized spacial score (nSPS) is 21.4. The average molecular weight is 385 g/mol. The Morgan fingerprint density at radius 1 is 1.05 bits per heavy atom. The van der Waals surface area contributed by atoms with Gasteiger partial charge in [0.1, 0.15) is 11.6 Å². The van der Waals surface area contributed by atoms with Gasteiger partial charge in [0.05, 0.1) is 0 Å². The molecular weight excluding hydrogens is 371 g/mol. The molecule has 0 atom stereocenters. The third kappa shape index (κ3) is 2.80. The van der Waals surface area contributed by atoms with Gasteiger partial charge < -0.3 is 5.32 Å². The van der Waals surface area contributed by atoms with Crippen LogP contribution in [0.3, 0.4) is 0 Å². The SMILES string of the molecule is Fc1ccc(NC2CC(c3ccccc3F)C2)c(I)c1. The van der Waals surface area contributed by atoms with E-state index in [9.17, 15) is 8.78 Å². The highest BCUT2D eigenvalue weighted by molar-refractivity contribution is 14.1. The van der Waals surface area contributed by atoms with Gasteiger partial charge in [-0.05, 0) is 71.2 Å². The lowest BCUT2D eigenvalue weighted by atomic mass is 9.75. The maximum absolute atomic E-state index is 13.7. The lowest BCUT2D eigenvalue weighted by Crippen LogP contribution is -2.34. The monoisotopic (exact) mass is 385 g/mol. The Labute approximate surface area is 130 Å². The summed E-state index contributed by atoms with van der Waals surface area (Å²) in [6.45, 7) is 0. The molecule has 1 fully saturated rings. The van der Waals surface area contributed by atoms with Crippen LogP contribution in [0.5, 0.6) is 0 Å². The van der Waals surface area contributed by atoms with E-state index in [1.807, 2.05) is 12.1 Å². The second kappa shape index (κ2) is 5.68. The Bertz CT molecular complexity index is 624. The fraction of sp³-hybridized carbons (Fsp3) is 0.250. The number of halogens is 3. The van der Waals surface area contributed by atoms with Crippen molar-refractivity contribution >= 4 is 28.3 Å². The molecule has 1 aliphatic carbocycles. The molecule has 0 amide bonds. The van der Waals surface area contributed by atoms with Crippen LogP contribution in [0.25, 0.3) is 0 Å². The van der Waals surface area contributed by atoms with Crippen molar-refractivity contribution in [2.75, 3.05) is 5.32 Å². The van der Waals surface area contributed by atoms with Crippen LogP contribution in [-0.2, 0) is 0 Å². The third-order valence-electron chi connectivity index (χ3n) is 3.77. The van der Waals surface area contributed by atoms with Crippen LogP contribution in [0.15, 0.2) is 42.5 Å². The lowest BCUT2D eigenvalue weighted by Gasteiger charge is -2.37. The lowest BCUT2D eigenvalue weighted by molar-refractivity contribution is 0.363. The predicted octanol–water partition coefficient (Wildman–Crippen LogP) is 4.93. The maximum Gasteiger partial charge on any atom is 0.126 e. The summed E-state index contributed by atoms with van der Waals surface area (Å²) < 4.78 is 27.6. The quantitative estimate of drug-likeness (QED) is 0.740. The van der Waals surface area contributed by atoms with Crippen LogP contribution in [0, 0.1) is 15.2 Å². The van der Waals surface area contributed by atoms with Gasteiger partial charge in [0.15, 0.2) is 0 Å². The number of benzene rings is 2. The van der Waals surface area contributed by atoms with Crippen LogP contribution >= 0.6 is 22.6 Å². The highest BCUT2D eigenvalue weighted by Gasteiger charge is 2.32. The van der Waals surface area contributed by atoms with Crippen molar-refractivity contribution in [3.05, 3.63) is 63.2 Å². The number of hydrogen-bond acceptors (Lipinski definition) is 1. The fourth-order valence-corrected chi connectivity index (χ4v) is 3.26. The summed E-state index contributed by atoms with van der Waals surface area (Å²) in [7, 11) is 0. The molecule has 0 unspecified atom stereocenters. The molecule has 0 bridgehead atoms. The summed E-state index contributed by atoms with van der Waals surface area (Å²) in [5, 5.41) is 3.40. The molecule has 0 spiro atoms. The highest BCUT2D eigenvalue weighted by atomic mass is 127. The minimum Gasteiger partial charge on any atom is -0.381 e. The summed E-state index contributed by atoms with van der Waals surface area (Å²) >= 11 is 2.12. The second-order valence-electron chi connectivity index (χ2n) is 5.16. The van der Waals surface area contributed by atoms with Crippen molar-refractivity contribution in [2.24, 2.45) is 0 Å². The smallest absolute Gasteiger partial charge is 0.126 e. The number of rotatable bonds is 3. The van der Waals surface area contributed by atoms with Gasteiger partial charge in [-0.3, -0.25) is 0 Å². The maximum atomic E-state index is 13.7. The predicted molar refractivity (Wildman–Crippen MR) is 84.9 cm³/mol. The summed E-state index contributed by atoms with van der Waals surface area (Å²) in [5.74, 6) is -0.0584. The average Bonchev–Trinajstić information content (AvgIpc) is 2.37. The Hall–Kier alpha value is -1.17. The van der Waals surface area contributed by atoms with Crippen LogP contribution in [0.4, 0.5) is 14.5 Å². The van der Waals surface area contributed by atoms with Gasteiger partial charge in [-0.2, -0.15) is 0 Å². The molecule has 104 valence electrons. The number of nitrogens with one attached hydrogen (secondary N) is 1. The van der Waals surface area contributed by atoms with Crippen LogP contribution in [0.2, 0.25) is 0 Å². The van der Waals surface area contributed by atoms with Crippen molar-refractivity contribution in [1.82, 2.24) is 0 Å². The first-order chi connectivity index (χ1) is 9.63. The summed E-state index contributed by atoms with van der Waals surface area (Å²) in [4.78, 5) is 0. The zero-order valence-corrected chi connectivity index (χ0v) is 12.9. The highest BCUT2D eigenvalue weighted by Crippen LogP contribution is 2.39. The zero-order chi connectivity index (χ0) is 14.1. The molecule has 20 heavy (non-hydrogen) atoms. The molecule has 1 saturated carbocycles. The first-order valence-corrected chi connectivity index (χ1v) is 7.67. The van der Waals surface area contributed by atoms with Crippen LogP contribution in [0.1, 0.15) is 24.3 Å². The molecular formula is C16H14F2IN. The standard InChI is InChI=1S/C16H14F2IN/c17-11-5-6-16(15(19)9-11)20-12-7-10(8-12)13-3-1-2-4-14(13)18/h1-6,9-10,12,20H,7-8H2. The van der Waals surface area contributed by atoms with E-state index in [-0.39, 0.29) is 17.6 Å². The fourth-order valence-electron chi connectivity index (χ4n) is 2.62. The molecule has 4 heteroatoms. The number of hydrogen-bond donors (Lipinski definition) is 1.